The zero-order chi connectivity index (χ0) is 11.0. The Balaban J connectivity index is 2.52. The van der Waals surface area contributed by atoms with Crippen molar-refractivity contribution in [3.05, 3.63) is 0 Å². The van der Waals surface area contributed by atoms with Crippen LogP contribution >= 0.6 is 0 Å². The quantitative estimate of drug-likeness (QED) is 0.701. The van der Waals surface area contributed by atoms with Gasteiger partial charge in [0, 0.05) is 6.42 Å². The second-order valence-electron chi connectivity index (χ2n) is 3.64. The predicted molar refractivity (Wildman–Crippen MR) is 41.2 cm³/mol. The van der Waals surface area contributed by atoms with Crippen molar-refractivity contribution in [2.45, 2.75) is 50.4 Å². The summed E-state index contributed by atoms with van der Waals surface area (Å²) in [6.07, 6.45) is -4.41. The molecule has 0 aromatic carbocycles. The number of halogens is 5. The smallest absolute Gasteiger partial charge is 0.298 e. The third-order valence-electron chi connectivity index (χ3n) is 2.45. The van der Waals surface area contributed by atoms with Gasteiger partial charge in [-0.3, -0.25) is 5.32 Å². The van der Waals surface area contributed by atoms with Gasteiger partial charge in [-0.05, 0) is 19.8 Å². The number of nitrogens with one attached hydrogen (secondary N) is 1. The molecule has 0 aromatic heterocycles. The van der Waals surface area contributed by atoms with E-state index < -0.39 is 24.2 Å². The molecule has 1 nitrogen and oxygen atoms in total. The van der Waals surface area contributed by atoms with Gasteiger partial charge in [0.25, 0.3) is 5.92 Å². The van der Waals surface area contributed by atoms with Crippen LogP contribution in [0.25, 0.3) is 0 Å². The molecule has 2 atom stereocenters. The number of hydrogen-bond acceptors (Lipinski definition) is 1. The van der Waals surface area contributed by atoms with E-state index >= 15 is 0 Å². The molecule has 0 saturated heterocycles. The lowest BCUT2D eigenvalue weighted by Crippen LogP contribution is -2.50. The molecule has 2 unspecified atom stereocenters. The number of alkyl halides is 5. The van der Waals surface area contributed by atoms with Crippen LogP contribution in [0.2, 0.25) is 0 Å². The summed E-state index contributed by atoms with van der Waals surface area (Å²) in [5.74, 6) is -3.00. The first-order chi connectivity index (χ1) is 6.23. The fourth-order valence-corrected chi connectivity index (χ4v) is 1.53. The highest BCUT2D eigenvalue weighted by atomic mass is 19.4. The minimum atomic E-state index is -4.46. The average Bonchev–Trinajstić information content (AvgIpc) is 2.29. The highest BCUT2D eigenvalue weighted by Crippen LogP contribution is 2.36. The lowest BCUT2D eigenvalue weighted by molar-refractivity contribution is -0.158. The Morgan fingerprint density at radius 1 is 1.36 bits per heavy atom. The molecule has 84 valence electrons. The van der Waals surface area contributed by atoms with E-state index in [-0.39, 0.29) is 19.3 Å². The Hall–Kier alpha value is -0.390. The van der Waals surface area contributed by atoms with Crippen molar-refractivity contribution < 1.29 is 22.0 Å². The highest BCUT2D eigenvalue weighted by Gasteiger charge is 2.47. The van der Waals surface area contributed by atoms with Gasteiger partial charge in [-0.1, -0.05) is 0 Å². The maximum absolute atomic E-state index is 12.9. The number of rotatable bonds is 2. The van der Waals surface area contributed by atoms with Crippen LogP contribution in [0, 0.1) is 0 Å². The molecule has 0 radical (unpaired) electrons. The van der Waals surface area contributed by atoms with Gasteiger partial charge < -0.3 is 0 Å². The van der Waals surface area contributed by atoms with Crippen LogP contribution in [-0.4, -0.2) is 24.2 Å². The minimum Gasteiger partial charge on any atom is -0.298 e. The largest absolute Gasteiger partial charge is 0.403 e. The van der Waals surface area contributed by atoms with Crippen molar-refractivity contribution in [1.82, 2.24) is 5.32 Å². The van der Waals surface area contributed by atoms with Gasteiger partial charge in [-0.15, -0.1) is 0 Å². The molecule has 0 bridgehead atoms. The minimum absolute atomic E-state index is 0.105. The summed E-state index contributed by atoms with van der Waals surface area (Å²) in [4.78, 5) is 0. The topological polar surface area (TPSA) is 12.0 Å². The second kappa shape index (κ2) is 3.64. The standard InChI is InChI=1S/C8H12F5N/c1-5(8(11,12)13)14-6-3-2-4-7(6,9)10/h5-6,14H,2-4H2,1H3. The summed E-state index contributed by atoms with van der Waals surface area (Å²) in [5, 5.41) is 1.93. The van der Waals surface area contributed by atoms with E-state index in [0.29, 0.717) is 0 Å². The molecule has 1 saturated carbocycles. The second-order valence-corrected chi connectivity index (χ2v) is 3.64. The van der Waals surface area contributed by atoms with Crippen molar-refractivity contribution in [1.29, 1.82) is 0 Å². The molecule has 1 rings (SSSR count). The summed E-state index contributed by atoms with van der Waals surface area (Å²) in [5.41, 5.74) is 0. The molecule has 1 aliphatic carbocycles. The van der Waals surface area contributed by atoms with Crippen molar-refractivity contribution >= 4 is 0 Å². The molecule has 0 aliphatic heterocycles. The first-order valence-corrected chi connectivity index (χ1v) is 4.44. The van der Waals surface area contributed by atoms with Gasteiger partial charge in [0.15, 0.2) is 0 Å². The first-order valence-electron chi connectivity index (χ1n) is 4.44. The van der Waals surface area contributed by atoms with E-state index in [1.807, 2.05) is 5.32 Å². The molecular formula is C8H12F5N. The van der Waals surface area contributed by atoms with E-state index in [2.05, 4.69) is 0 Å². The van der Waals surface area contributed by atoms with Gasteiger partial charge in [-0.2, -0.15) is 13.2 Å². The Labute approximate surface area is 78.7 Å². The SMILES string of the molecule is CC(NC1CCCC1(F)F)C(F)(F)F. The van der Waals surface area contributed by atoms with Crippen LogP contribution in [0.15, 0.2) is 0 Å². The Morgan fingerprint density at radius 3 is 2.29 bits per heavy atom. The first kappa shape index (κ1) is 11.7. The fraction of sp³-hybridized carbons (Fsp3) is 1.00. The molecule has 14 heavy (non-hydrogen) atoms. The summed E-state index contributed by atoms with van der Waals surface area (Å²) in [6, 6.07) is -3.21. The van der Waals surface area contributed by atoms with Crippen molar-refractivity contribution in [2.75, 3.05) is 0 Å². The normalized spacial score (nSPS) is 29.1. The van der Waals surface area contributed by atoms with Gasteiger partial charge in [0.1, 0.15) is 6.04 Å². The average molecular weight is 217 g/mol. The van der Waals surface area contributed by atoms with Crippen LogP contribution in [-0.2, 0) is 0 Å². The summed E-state index contributed by atoms with van der Waals surface area (Å²) in [6.45, 7) is 0.856. The van der Waals surface area contributed by atoms with E-state index in [0.717, 1.165) is 6.92 Å². The van der Waals surface area contributed by atoms with E-state index in [4.69, 9.17) is 0 Å². The van der Waals surface area contributed by atoms with Gasteiger partial charge >= 0.3 is 6.18 Å². The van der Waals surface area contributed by atoms with Gasteiger partial charge in [0.2, 0.25) is 0 Å². The molecule has 0 amide bonds. The van der Waals surface area contributed by atoms with Crippen molar-refractivity contribution in [3.63, 3.8) is 0 Å². The molecule has 0 aromatic rings. The van der Waals surface area contributed by atoms with Crippen LogP contribution in [0.3, 0.4) is 0 Å². The summed E-state index contributed by atoms with van der Waals surface area (Å²) in [7, 11) is 0. The monoisotopic (exact) mass is 217 g/mol. The zero-order valence-corrected chi connectivity index (χ0v) is 7.67. The zero-order valence-electron chi connectivity index (χ0n) is 7.67. The van der Waals surface area contributed by atoms with E-state index in [1.165, 1.54) is 0 Å². The van der Waals surface area contributed by atoms with E-state index in [1.54, 1.807) is 0 Å². The molecule has 0 heterocycles. The van der Waals surface area contributed by atoms with Crippen molar-refractivity contribution in [3.8, 4) is 0 Å². The molecule has 6 heteroatoms. The van der Waals surface area contributed by atoms with Crippen LogP contribution in [0.1, 0.15) is 26.2 Å². The molecule has 1 aliphatic rings. The molecule has 1 N–H and O–H groups in total. The third kappa shape index (κ3) is 2.56. The summed E-state index contributed by atoms with van der Waals surface area (Å²) < 4.78 is 62.0. The lowest BCUT2D eigenvalue weighted by Gasteiger charge is -2.25. The highest BCUT2D eigenvalue weighted by molar-refractivity contribution is 4.92. The Morgan fingerprint density at radius 2 is 1.93 bits per heavy atom. The Kier molecular flexibility index (Phi) is 3.04. The fourth-order valence-electron chi connectivity index (χ4n) is 1.53. The maximum Gasteiger partial charge on any atom is 0.403 e. The Bertz CT molecular complexity index is 200. The van der Waals surface area contributed by atoms with Crippen LogP contribution < -0.4 is 5.32 Å². The third-order valence-corrected chi connectivity index (χ3v) is 2.45. The maximum atomic E-state index is 12.9. The molecule has 0 spiro atoms. The van der Waals surface area contributed by atoms with Crippen molar-refractivity contribution in [2.24, 2.45) is 0 Å². The van der Waals surface area contributed by atoms with Gasteiger partial charge in [-0.25, -0.2) is 8.78 Å². The molecule has 1 fully saturated rings. The van der Waals surface area contributed by atoms with Gasteiger partial charge in [0.05, 0.1) is 6.04 Å². The van der Waals surface area contributed by atoms with E-state index in [9.17, 15) is 22.0 Å². The van der Waals surface area contributed by atoms with Crippen LogP contribution in [0.5, 0.6) is 0 Å². The molecular weight excluding hydrogens is 205 g/mol. The lowest BCUT2D eigenvalue weighted by atomic mass is 10.1. The predicted octanol–water partition coefficient (Wildman–Crippen LogP) is 2.71. The summed E-state index contributed by atoms with van der Waals surface area (Å²) >= 11 is 0. The van der Waals surface area contributed by atoms with Crippen LogP contribution in [0.4, 0.5) is 22.0 Å². The number of hydrogen-bond donors (Lipinski definition) is 1.